The molecule has 3 atom stereocenters. The summed E-state index contributed by atoms with van der Waals surface area (Å²) in [5.41, 5.74) is -0.196. The number of imide groups is 1. The van der Waals surface area contributed by atoms with Crippen molar-refractivity contribution in [2.24, 2.45) is 17.8 Å². The number of amides is 3. The largest absolute Gasteiger partial charge is 0.292 e. The highest BCUT2D eigenvalue weighted by atomic mass is 19.1. The molecule has 0 N–H and O–H groups in total. The average molecular weight is 465 g/mol. The number of benzene rings is 2. The van der Waals surface area contributed by atoms with Crippen LogP contribution >= 0.6 is 0 Å². The summed E-state index contributed by atoms with van der Waals surface area (Å²) in [6.45, 7) is 1.15. The molecule has 0 aromatic heterocycles. The summed E-state index contributed by atoms with van der Waals surface area (Å²) < 4.78 is 13.3. The van der Waals surface area contributed by atoms with Gasteiger partial charge < -0.3 is 0 Å². The van der Waals surface area contributed by atoms with Crippen molar-refractivity contribution in [3.63, 3.8) is 0 Å². The van der Waals surface area contributed by atoms with Gasteiger partial charge in [0.25, 0.3) is 23.4 Å². The molecule has 0 bridgehead atoms. The Kier molecular flexibility index (Phi) is 6.06. The first-order valence-electron chi connectivity index (χ1n) is 10.6. The van der Waals surface area contributed by atoms with Gasteiger partial charge in [-0.25, -0.2) is 9.40 Å². The number of nitrogens with zero attached hydrogens (tertiary/aromatic N) is 3. The quantitative estimate of drug-likeness (QED) is 0.213. The van der Waals surface area contributed by atoms with E-state index < -0.39 is 52.6 Å². The third-order valence-corrected chi connectivity index (χ3v) is 6.11. The summed E-state index contributed by atoms with van der Waals surface area (Å²) >= 11 is 0. The molecule has 0 radical (unpaired) electrons. The molecule has 4 rings (SSSR count). The highest BCUT2D eigenvalue weighted by molar-refractivity contribution is 6.09. The molecule has 34 heavy (non-hydrogen) atoms. The molecule has 10 heteroatoms. The van der Waals surface area contributed by atoms with E-state index in [0.717, 1.165) is 34.3 Å². The number of carbonyl (C=O) groups excluding carboxylic acids is 4. The maximum atomic E-state index is 13.4. The van der Waals surface area contributed by atoms with E-state index >= 15 is 0 Å². The van der Waals surface area contributed by atoms with Crippen LogP contribution in [-0.4, -0.2) is 45.0 Å². The highest BCUT2D eigenvalue weighted by Gasteiger charge is 2.53. The lowest BCUT2D eigenvalue weighted by Gasteiger charge is -2.30. The molecule has 1 heterocycles. The van der Waals surface area contributed by atoms with Crippen molar-refractivity contribution in [2.75, 3.05) is 6.54 Å². The number of hydrogen-bond acceptors (Lipinski definition) is 6. The van der Waals surface area contributed by atoms with E-state index in [-0.39, 0.29) is 22.7 Å². The van der Waals surface area contributed by atoms with Gasteiger partial charge in [0, 0.05) is 23.3 Å². The zero-order chi connectivity index (χ0) is 24.6. The van der Waals surface area contributed by atoms with Crippen molar-refractivity contribution in [2.45, 2.75) is 13.3 Å². The van der Waals surface area contributed by atoms with Gasteiger partial charge >= 0.3 is 0 Å². The number of ketones is 1. The van der Waals surface area contributed by atoms with E-state index in [1.165, 1.54) is 24.3 Å². The van der Waals surface area contributed by atoms with E-state index in [0.29, 0.717) is 6.42 Å². The number of rotatable bonds is 6. The van der Waals surface area contributed by atoms with Crippen LogP contribution in [-0.2, 0) is 9.59 Å². The van der Waals surface area contributed by atoms with Gasteiger partial charge in [-0.05, 0) is 48.7 Å². The Bertz CT molecular complexity index is 1210. The topological polar surface area (TPSA) is 118 Å². The molecule has 1 aliphatic heterocycles. The third-order valence-electron chi connectivity index (χ3n) is 6.11. The molecular formula is C24H20FN3O6. The monoisotopic (exact) mass is 465 g/mol. The second kappa shape index (κ2) is 8.97. The van der Waals surface area contributed by atoms with E-state index in [4.69, 9.17) is 0 Å². The Labute approximate surface area is 193 Å². The van der Waals surface area contributed by atoms with Crippen LogP contribution < -0.4 is 0 Å². The van der Waals surface area contributed by atoms with Gasteiger partial charge in [0.1, 0.15) is 12.4 Å². The average Bonchev–Trinajstić information content (AvgIpc) is 3.08. The van der Waals surface area contributed by atoms with E-state index in [9.17, 15) is 33.7 Å². The lowest BCUT2D eigenvalue weighted by atomic mass is 9.78. The molecule has 174 valence electrons. The first kappa shape index (κ1) is 23.0. The number of non-ortho nitro benzene ring substituents is 1. The standard InChI is InChI=1S/C24H20FN3O6/c1-14-3-2-4-19-21(14)24(32)27(23(19)31)26(13-20(29)15-5-9-17(25)10-6-15)22(30)16-7-11-18(12-8-16)28(33)34/h2-3,5-12,14,19,21H,4,13H2,1H3/t14-,19-,21+/m1/s1. The van der Waals surface area contributed by atoms with E-state index in [2.05, 4.69) is 0 Å². The molecule has 1 aliphatic carbocycles. The number of hydrazine groups is 1. The summed E-state index contributed by atoms with van der Waals surface area (Å²) in [4.78, 5) is 63.1. The van der Waals surface area contributed by atoms with Crippen molar-refractivity contribution in [3.05, 3.63) is 87.7 Å². The summed E-state index contributed by atoms with van der Waals surface area (Å²) in [6.07, 6.45) is 3.98. The highest BCUT2D eigenvalue weighted by Crippen LogP contribution is 2.39. The summed E-state index contributed by atoms with van der Waals surface area (Å²) in [6, 6.07) is 9.28. The number of Topliss-reactive ketones (excluding diaryl/α,β-unsaturated/α-hetero) is 1. The Hall–Kier alpha value is -4.21. The minimum absolute atomic E-state index is 0.0425. The number of nitro benzene ring substituents is 1. The van der Waals surface area contributed by atoms with Gasteiger partial charge in [-0.15, -0.1) is 0 Å². The van der Waals surface area contributed by atoms with Crippen LogP contribution in [0, 0.1) is 33.7 Å². The summed E-state index contributed by atoms with van der Waals surface area (Å²) in [5.74, 6) is -4.73. The fourth-order valence-corrected chi connectivity index (χ4v) is 4.34. The maximum absolute atomic E-state index is 13.4. The van der Waals surface area contributed by atoms with E-state index in [1.807, 2.05) is 12.2 Å². The Morgan fingerprint density at radius 2 is 1.68 bits per heavy atom. The molecule has 0 spiro atoms. The van der Waals surface area contributed by atoms with Crippen molar-refractivity contribution in [3.8, 4) is 0 Å². The SMILES string of the molecule is C[C@@H]1C=CC[C@H]2C(=O)N(N(CC(=O)c3ccc(F)cc3)C(=O)c3ccc([N+](=O)[O-])cc3)C(=O)[C@@H]12. The van der Waals surface area contributed by atoms with Crippen molar-refractivity contribution in [1.82, 2.24) is 10.0 Å². The number of halogens is 1. The van der Waals surface area contributed by atoms with Crippen LogP contribution in [0.4, 0.5) is 10.1 Å². The number of nitro groups is 1. The molecule has 2 aromatic carbocycles. The predicted molar refractivity (Wildman–Crippen MR) is 117 cm³/mol. The smallest absolute Gasteiger partial charge is 0.273 e. The summed E-state index contributed by atoms with van der Waals surface area (Å²) in [7, 11) is 0. The number of hydrogen-bond donors (Lipinski definition) is 0. The number of carbonyl (C=O) groups is 4. The molecule has 1 saturated heterocycles. The van der Waals surface area contributed by atoms with Gasteiger partial charge in [0.2, 0.25) is 0 Å². The van der Waals surface area contributed by atoms with Crippen LogP contribution in [0.1, 0.15) is 34.1 Å². The maximum Gasteiger partial charge on any atom is 0.273 e. The molecule has 0 unspecified atom stereocenters. The van der Waals surface area contributed by atoms with Gasteiger partial charge in [-0.2, -0.15) is 5.01 Å². The number of allylic oxidation sites excluding steroid dienone is 2. The van der Waals surface area contributed by atoms with E-state index in [1.54, 1.807) is 6.92 Å². The normalized spacial score (nSPS) is 21.4. The molecule has 3 amide bonds. The Morgan fingerprint density at radius 3 is 2.26 bits per heavy atom. The zero-order valence-corrected chi connectivity index (χ0v) is 18.1. The lowest BCUT2D eigenvalue weighted by molar-refractivity contribution is -0.384. The van der Waals surface area contributed by atoms with Crippen LogP contribution in [0.15, 0.2) is 60.7 Å². The van der Waals surface area contributed by atoms with Crippen LogP contribution in [0.2, 0.25) is 0 Å². The van der Waals surface area contributed by atoms with Crippen molar-refractivity contribution in [1.29, 1.82) is 0 Å². The second-order valence-electron chi connectivity index (χ2n) is 8.24. The molecule has 2 aliphatic rings. The molecular weight excluding hydrogens is 445 g/mol. The first-order valence-corrected chi connectivity index (χ1v) is 10.6. The minimum Gasteiger partial charge on any atom is -0.292 e. The van der Waals surface area contributed by atoms with Crippen molar-refractivity contribution >= 4 is 29.2 Å². The van der Waals surface area contributed by atoms with Gasteiger partial charge in [-0.1, -0.05) is 19.1 Å². The van der Waals surface area contributed by atoms with Crippen molar-refractivity contribution < 1.29 is 28.5 Å². The van der Waals surface area contributed by atoms with Gasteiger partial charge in [0.05, 0.1) is 16.8 Å². The molecule has 1 fully saturated rings. The van der Waals surface area contributed by atoms with Gasteiger partial charge in [-0.3, -0.25) is 29.3 Å². The molecule has 9 nitrogen and oxygen atoms in total. The Balaban J connectivity index is 1.70. The fourth-order valence-electron chi connectivity index (χ4n) is 4.34. The third kappa shape index (κ3) is 4.09. The Morgan fingerprint density at radius 1 is 1.06 bits per heavy atom. The van der Waals surface area contributed by atoms with Crippen LogP contribution in [0.25, 0.3) is 0 Å². The molecule has 2 aromatic rings. The predicted octanol–water partition coefficient (Wildman–Crippen LogP) is 3.17. The fraction of sp³-hybridized carbons (Fsp3) is 0.250. The van der Waals surface area contributed by atoms with Gasteiger partial charge in [0.15, 0.2) is 5.78 Å². The second-order valence-corrected chi connectivity index (χ2v) is 8.24. The molecule has 0 saturated carbocycles. The van der Waals surface area contributed by atoms with Crippen LogP contribution in [0.3, 0.4) is 0 Å². The zero-order valence-electron chi connectivity index (χ0n) is 18.1. The van der Waals surface area contributed by atoms with Crippen LogP contribution in [0.5, 0.6) is 0 Å². The first-order chi connectivity index (χ1) is 16.2. The lowest BCUT2D eigenvalue weighted by Crippen LogP contribution is -2.52. The number of fused-ring (bicyclic) bond motifs is 1. The minimum atomic E-state index is -0.841. The summed E-state index contributed by atoms with van der Waals surface area (Å²) in [5, 5.41) is 12.5.